The highest BCUT2D eigenvalue weighted by Gasteiger charge is 2.32. The third-order valence-electron chi connectivity index (χ3n) is 3.22. The van der Waals surface area contributed by atoms with E-state index < -0.39 is 0 Å². The number of nitrogens with zero attached hydrogens (tertiary/aromatic N) is 1. The molecular formula is C14H12ClNO2. The second kappa shape index (κ2) is 4.58. The zero-order valence-electron chi connectivity index (χ0n) is 9.78. The van der Waals surface area contributed by atoms with E-state index in [0.29, 0.717) is 10.9 Å². The first-order valence-corrected chi connectivity index (χ1v) is 6.41. The van der Waals surface area contributed by atoms with Gasteiger partial charge in [-0.3, -0.25) is 0 Å². The Morgan fingerprint density at radius 1 is 1.06 bits per heavy atom. The molecule has 0 unspecified atom stereocenters. The SMILES string of the molecule is O=C1OC(=Nc2ccc(Cl)cc2)C2=C1CCCC2. The Labute approximate surface area is 110 Å². The highest BCUT2D eigenvalue weighted by atomic mass is 35.5. The summed E-state index contributed by atoms with van der Waals surface area (Å²) in [6.45, 7) is 0. The van der Waals surface area contributed by atoms with Gasteiger partial charge in [0.15, 0.2) is 0 Å². The van der Waals surface area contributed by atoms with Crippen LogP contribution in [0.2, 0.25) is 5.02 Å². The van der Waals surface area contributed by atoms with Crippen molar-refractivity contribution in [2.24, 2.45) is 4.99 Å². The van der Waals surface area contributed by atoms with Crippen molar-refractivity contribution < 1.29 is 9.53 Å². The molecular weight excluding hydrogens is 250 g/mol. The third kappa shape index (κ3) is 2.06. The Hall–Kier alpha value is -1.61. The number of hydrogen-bond acceptors (Lipinski definition) is 3. The molecule has 0 N–H and O–H groups in total. The topological polar surface area (TPSA) is 38.7 Å². The molecule has 3 nitrogen and oxygen atoms in total. The number of carbonyl (C=O) groups excluding carboxylic acids is 1. The largest absolute Gasteiger partial charge is 0.404 e. The first-order chi connectivity index (χ1) is 8.74. The van der Waals surface area contributed by atoms with Crippen molar-refractivity contribution in [3.8, 4) is 0 Å². The van der Waals surface area contributed by atoms with E-state index in [0.717, 1.165) is 42.5 Å². The molecule has 0 aromatic heterocycles. The number of hydrogen-bond donors (Lipinski definition) is 0. The average molecular weight is 262 g/mol. The fourth-order valence-electron chi connectivity index (χ4n) is 2.30. The fourth-order valence-corrected chi connectivity index (χ4v) is 2.43. The summed E-state index contributed by atoms with van der Waals surface area (Å²) in [5.41, 5.74) is 2.55. The lowest BCUT2D eigenvalue weighted by Gasteiger charge is -2.09. The Balaban J connectivity index is 1.95. The zero-order chi connectivity index (χ0) is 12.5. The highest BCUT2D eigenvalue weighted by molar-refractivity contribution is 6.30. The van der Waals surface area contributed by atoms with Gasteiger partial charge in [-0.15, -0.1) is 0 Å². The molecule has 18 heavy (non-hydrogen) atoms. The number of halogens is 1. The standard InChI is InChI=1S/C14H12ClNO2/c15-9-5-7-10(8-6-9)16-13-11-3-1-2-4-12(11)14(17)18-13/h5-8H,1-4H2. The van der Waals surface area contributed by atoms with Crippen LogP contribution in [-0.2, 0) is 9.53 Å². The molecule has 0 atom stereocenters. The minimum absolute atomic E-state index is 0.225. The lowest BCUT2D eigenvalue weighted by Crippen LogP contribution is -2.02. The number of carbonyl (C=O) groups is 1. The van der Waals surface area contributed by atoms with Gasteiger partial charge < -0.3 is 4.74 Å². The van der Waals surface area contributed by atoms with Gasteiger partial charge in [0.25, 0.3) is 0 Å². The monoisotopic (exact) mass is 261 g/mol. The predicted octanol–water partition coefficient (Wildman–Crippen LogP) is 3.80. The Bertz CT molecular complexity index is 558. The van der Waals surface area contributed by atoms with Crippen molar-refractivity contribution in [1.29, 1.82) is 0 Å². The van der Waals surface area contributed by atoms with Gasteiger partial charge in [0.1, 0.15) is 0 Å². The highest BCUT2D eigenvalue weighted by Crippen LogP contribution is 2.33. The maximum Gasteiger partial charge on any atom is 0.341 e. The number of aliphatic imine (C=N–C) groups is 1. The van der Waals surface area contributed by atoms with Crippen LogP contribution in [0.1, 0.15) is 25.7 Å². The van der Waals surface area contributed by atoms with Crippen LogP contribution in [0.15, 0.2) is 40.4 Å². The third-order valence-corrected chi connectivity index (χ3v) is 3.47. The van der Waals surface area contributed by atoms with Crippen LogP contribution in [0.3, 0.4) is 0 Å². The van der Waals surface area contributed by atoms with Gasteiger partial charge in [0.2, 0.25) is 5.90 Å². The molecule has 1 aromatic rings. The first kappa shape index (κ1) is 11.5. The molecule has 0 saturated heterocycles. The molecule has 1 aliphatic carbocycles. The van der Waals surface area contributed by atoms with Crippen LogP contribution in [-0.4, -0.2) is 11.9 Å². The normalized spacial score (nSPS) is 21.2. The van der Waals surface area contributed by atoms with Crippen LogP contribution in [0.4, 0.5) is 5.69 Å². The Morgan fingerprint density at radius 3 is 2.44 bits per heavy atom. The summed E-state index contributed by atoms with van der Waals surface area (Å²) >= 11 is 5.82. The van der Waals surface area contributed by atoms with Gasteiger partial charge in [-0.25, -0.2) is 9.79 Å². The lowest BCUT2D eigenvalue weighted by atomic mass is 9.93. The van der Waals surface area contributed by atoms with Crippen LogP contribution in [0.25, 0.3) is 0 Å². The van der Waals surface area contributed by atoms with Gasteiger partial charge in [-0.1, -0.05) is 11.6 Å². The second-order valence-corrected chi connectivity index (χ2v) is 4.88. The number of ether oxygens (including phenoxy) is 1. The molecule has 0 bridgehead atoms. The van der Waals surface area contributed by atoms with Gasteiger partial charge in [-0.05, 0) is 49.9 Å². The number of benzene rings is 1. The van der Waals surface area contributed by atoms with Crippen molar-refractivity contribution >= 4 is 29.2 Å². The minimum Gasteiger partial charge on any atom is -0.404 e. The molecule has 3 rings (SSSR count). The predicted molar refractivity (Wildman–Crippen MR) is 70.1 cm³/mol. The Morgan fingerprint density at radius 2 is 1.72 bits per heavy atom. The molecule has 1 aliphatic heterocycles. The summed E-state index contributed by atoms with van der Waals surface area (Å²) in [7, 11) is 0. The number of esters is 1. The van der Waals surface area contributed by atoms with E-state index in [2.05, 4.69) is 4.99 Å². The second-order valence-electron chi connectivity index (χ2n) is 4.45. The molecule has 0 saturated carbocycles. The van der Waals surface area contributed by atoms with Gasteiger partial charge in [0, 0.05) is 16.2 Å². The zero-order valence-corrected chi connectivity index (χ0v) is 10.5. The van der Waals surface area contributed by atoms with E-state index >= 15 is 0 Å². The summed E-state index contributed by atoms with van der Waals surface area (Å²) in [6, 6.07) is 7.16. The Kier molecular flexibility index (Phi) is 2.92. The number of rotatable bonds is 1. The molecule has 0 fully saturated rings. The van der Waals surface area contributed by atoms with Crippen molar-refractivity contribution in [3.05, 3.63) is 40.4 Å². The lowest BCUT2D eigenvalue weighted by molar-refractivity contribution is -0.130. The smallest absolute Gasteiger partial charge is 0.341 e. The van der Waals surface area contributed by atoms with Gasteiger partial charge in [-0.2, -0.15) is 0 Å². The van der Waals surface area contributed by atoms with Crippen LogP contribution in [0, 0.1) is 0 Å². The molecule has 0 radical (unpaired) electrons. The number of cyclic esters (lactones) is 1. The molecule has 1 aromatic carbocycles. The summed E-state index contributed by atoms with van der Waals surface area (Å²) in [4.78, 5) is 16.1. The van der Waals surface area contributed by atoms with Gasteiger partial charge >= 0.3 is 5.97 Å². The van der Waals surface area contributed by atoms with E-state index in [-0.39, 0.29) is 5.97 Å². The fraction of sp³-hybridized carbons (Fsp3) is 0.286. The maximum atomic E-state index is 11.7. The van der Waals surface area contributed by atoms with E-state index in [1.54, 1.807) is 12.1 Å². The quantitative estimate of drug-likeness (QED) is 0.721. The average Bonchev–Trinajstić information content (AvgIpc) is 2.70. The van der Waals surface area contributed by atoms with E-state index in [1.165, 1.54) is 0 Å². The van der Waals surface area contributed by atoms with Crippen molar-refractivity contribution in [1.82, 2.24) is 0 Å². The molecule has 92 valence electrons. The minimum atomic E-state index is -0.225. The molecule has 2 aliphatic rings. The van der Waals surface area contributed by atoms with Crippen LogP contribution < -0.4 is 0 Å². The van der Waals surface area contributed by atoms with Crippen molar-refractivity contribution in [3.63, 3.8) is 0 Å². The molecule has 1 heterocycles. The van der Waals surface area contributed by atoms with Crippen LogP contribution >= 0.6 is 11.6 Å². The summed E-state index contributed by atoms with van der Waals surface area (Å²) in [5.74, 6) is 0.245. The summed E-state index contributed by atoms with van der Waals surface area (Å²) in [6.07, 6.45) is 3.85. The summed E-state index contributed by atoms with van der Waals surface area (Å²) < 4.78 is 5.25. The van der Waals surface area contributed by atoms with E-state index in [4.69, 9.17) is 16.3 Å². The van der Waals surface area contributed by atoms with Crippen LogP contribution in [0.5, 0.6) is 0 Å². The summed E-state index contributed by atoms with van der Waals surface area (Å²) in [5, 5.41) is 0.667. The molecule has 4 heteroatoms. The van der Waals surface area contributed by atoms with Crippen molar-refractivity contribution in [2.75, 3.05) is 0 Å². The molecule has 0 spiro atoms. The van der Waals surface area contributed by atoms with Crippen molar-refractivity contribution in [2.45, 2.75) is 25.7 Å². The molecule has 0 amide bonds. The maximum absolute atomic E-state index is 11.7. The first-order valence-electron chi connectivity index (χ1n) is 6.03. The van der Waals surface area contributed by atoms with E-state index in [1.807, 2.05) is 12.1 Å². The van der Waals surface area contributed by atoms with E-state index in [9.17, 15) is 4.79 Å². The van der Waals surface area contributed by atoms with Gasteiger partial charge in [0.05, 0.1) is 5.69 Å².